The summed E-state index contributed by atoms with van der Waals surface area (Å²) in [6.07, 6.45) is -0.771. The Balaban J connectivity index is 0.000000196. The van der Waals surface area contributed by atoms with Crippen LogP contribution in [0.4, 0.5) is 9.59 Å². The van der Waals surface area contributed by atoms with Gasteiger partial charge in [0.05, 0.1) is 20.2 Å². The van der Waals surface area contributed by atoms with Crippen molar-refractivity contribution in [2.45, 2.75) is 13.2 Å². The molecule has 2 aromatic rings. The molecule has 10 heteroatoms. The van der Waals surface area contributed by atoms with Crippen LogP contribution >= 0.6 is 0 Å². The summed E-state index contributed by atoms with van der Waals surface area (Å²) < 4.78 is 15.4. The molecule has 2 aliphatic rings. The highest BCUT2D eigenvalue weighted by atomic mass is 16.6. The first-order valence-electron chi connectivity index (χ1n) is 11.3. The molecule has 0 atom stereocenters. The molecule has 10 nitrogen and oxygen atoms in total. The van der Waals surface area contributed by atoms with E-state index in [0.717, 1.165) is 11.1 Å². The van der Waals surface area contributed by atoms with Crippen molar-refractivity contribution in [3.63, 3.8) is 0 Å². The minimum Gasteiger partial charge on any atom is -0.483 e. The van der Waals surface area contributed by atoms with Crippen LogP contribution in [-0.2, 0) is 32.2 Å². The second-order valence-corrected chi connectivity index (χ2v) is 7.75. The first-order valence-corrected chi connectivity index (χ1v) is 11.3. The maximum absolute atomic E-state index is 11.8. The van der Waals surface area contributed by atoms with Crippen LogP contribution in [0.15, 0.2) is 65.7 Å². The minimum atomic E-state index is -0.441. The van der Waals surface area contributed by atoms with Gasteiger partial charge in [-0.1, -0.05) is 60.7 Å². The van der Waals surface area contributed by atoms with E-state index in [1.165, 1.54) is 4.90 Å². The Morgan fingerprint density at radius 1 is 0.857 bits per heavy atom. The molecule has 1 fully saturated rings. The smallest absolute Gasteiger partial charge is 0.410 e. The number of carbonyl (C=O) groups is 3. The van der Waals surface area contributed by atoms with Crippen molar-refractivity contribution in [2.75, 3.05) is 46.4 Å². The molecular formula is C25H30N4O6. The number of hydrogen-bond acceptors (Lipinski definition) is 7. The van der Waals surface area contributed by atoms with Gasteiger partial charge in [0, 0.05) is 19.6 Å². The molecule has 0 aliphatic carbocycles. The Bertz CT molecular complexity index is 1000. The predicted octanol–water partition coefficient (Wildman–Crippen LogP) is 2.44. The van der Waals surface area contributed by atoms with Crippen molar-refractivity contribution in [3.05, 3.63) is 71.8 Å². The van der Waals surface area contributed by atoms with Crippen molar-refractivity contribution in [3.8, 4) is 0 Å². The Morgan fingerprint density at radius 3 is 1.91 bits per heavy atom. The molecule has 2 heterocycles. The molecule has 2 aromatic carbocycles. The molecule has 3 amide bonds. The summed E-state index contributed by atoms with van der Waals surface area (Å²) in [7, 11) is 1.55. The maximum Gasteiger partial charge on any atom is 0.410 e. The van der Waals surface area contributed by atoms with E-state index in [0.29, 0.717) is 38.6 Å². The lowest BCUT2D eigenvalue weighted by Gasteiger charge is -2.25. The first-order chi connectivity index (χ1) is 17.0. The molecule has 1 N–H and O–H groups in total. The van der Waals surface area contributed by atoms with Gasteiger partial charge in [0.2, 0.25) is 11.8 Å². The molecule has 186 valence electrons. The molecule has 0 unspecified atom stereocenters. The Labute approximate surface area is 204 Å². The van der Waals surface area contributed by atoms with Gasteiger partial charge >= 0.3 is 12.2 Å². The van der Waals surface area contributed by atoms with Gasteiger partial charge in [-0.25, -0.2) is 9.59 Å². The minimum absolute atomic E-state index is 0.0770. The third kappa shape index (κ3) is 8.65. The van der Waals surface area contributed by atoms with Crippen LogP contribution in [0.25, 0.3) is 0 Å². The summed E-state index contributed by atoms with van der Waals surface area (Å²) in [5.74, 6) is 0.422. The number of methoxy groups -OCH3 is 1. The average Bonchev–Trinajstić information content (AvgIpc) is 2.92. The zero-order valence-corrected chi connectivity index (χ0v) is 19.7. The van der Waals surface area contributed by atoms with Crippen molar-refractivity contribution in [1.82, 2.24) is 15.1 Å². The number of aliphatic imine (C=N–C) groups is 1. The SMILES string of the molecule is COC1=NCCN(C(=O)OCc2ccccc2)C1.O=C1CN(C(=O)OCc2ccccc2)CCN1. The number of ether oxygens (including phenoxy) is 3. The number of piperazine rings is 1. The first kappa shape index (κ1) is 25.5. The fourth-order valence-electron chi connectivity index (χ4n) is 3.29. The van der Waals surface area contributed by atoms with Crippen LogP contribution < -0.4 is 5.32 Å². The molecule has 0 aromatic heterocycles. The molecule has 2 aliphatic heterocycles. The summed E-state index contributed by atoms with van der Waals surface area (Å²) in [6.45, 7) is 3.09. The quantitative estimate of drug-likeness (QED) is 0.717. The van der Waals surface area contributed by atoms with Crippen LogP contribution in [0.2, 0.25) is 0 Å². The molecular weight excluding hydrogens is 452 g/mol. The van der Waals surface area contributed by atoms with Crippen LogP contribution in [0.1, 0.15) is 11.1 Å². The summed E-state index contributed by atoms with van der Waals surface area (Å²) in [6, 6.07) is 19.1. The molecule has 1 saturated heterocycles. The standard InChI is InChI=1S/C13H16N2O3.C12H14N2O3/c1-17-12-9-15(8-7-14-12)13(16)18-10-11-5-3-2-4-6-11;15-11-8-14(7-6-13-11)12(16)17-9-10-4-2-1-3-5-10/h2-6H,7-10H2,1H3;1-5H,6-9H2,(H,13,15). The highest BCUT2D eigenvalue weighted by molar-refractivity contribution is 5.83. The normalized spacial score (nSPS) is 15.1. The molecule has 35 heavy (non-hydrogen) atoms. The summed E-state index contributed by atoms with van der Waals surface area (Å²) in [5.41, 5.74) is 1.91. The summed E-state index contributed by atoms with van der Waals surface area (Å²) in [4.78, 5) is 41.7. The summed E-state index contributed by atoms with van der Waals surface area (Å²) >= 11 is 0. The van der Waals surface area contributed by atoms with Crippen LogP contribution in [0, 0.1) is 0 Å². The van der Waals surface area contributed by atoms with Crippen molar-refractivity contribution in [1.29, 1.82) is 0 Å². The zero-order valence-electron chi connectivity index (χ0n) is 19.7. The van der Waals surface area contributed by atoms with E-state index in [-0.39, 0.29) is 31.8 Å². The lowest BCUT2D eigenvalue weighted by molar-refractivity contribution is -0.123. The fraction of sp³-hybridized carbons (Fsp3) is 0.360. The van der Waals surface area contributed by atoms with Gasteiger partial charge in [-0.05, 0) is 11.1 Å². The largest absolute Gasteiger partial charge is 0.483 e. The van der Waals surface area contributed by atoms with E-state index in [9.17, 15) is 14.4 Å². The van der Waals surface area contributed by atoms with Gasteiger partial charge in [-0.3, -0.25) is 19.6 Å². The third-order valence-corrected chi connectivity index (χ3v) is 5.18. The van der Waals surface area contributed by atoms with Crippen LogP contribution in [0.5, 0.6) is 0 Å². The van der Waals surface area contributed by atoms with E-state index < -0.39 is 6.09 Å². The second-order valence-electron chi connectivity index (χ2n) is 7.75. The number of nitrogens with zero attached hydrogens (tertiary/aromatic N) is 3. The zero-order chi connectivity index (χ0) is 24.9. The molecule has 0 radical (unpaired) electrons. The lowest BCUT2D eigenvalue weighted by Crippen LogP contribution is -2.50. The van der Waals surface area contributed by atoms with Gasteiger partial charge < -0.3 is 19.5 Å². The van der Waals surface area contributed by atoms with Gasteiger partial charge in [0.25, 0.3) is 0 Å². The predicted molar refractivity (Wildman–Crippen MR) is 129 cm³/mol. The van der Waals surface area contributed by atoms with Crippen molar-refractivity contribution in [2.24, 2.45) is 4.99 Å². The second kappa shape index (κ2) is 13.6. The van der Waals surface area contributed by atoms with Crippen LogP contribution in [0.3, 0.4) is 0 Å². The number of amides is 3. The van der Waals surface area contributed by atoms with E-state index in [2.05, 4.69) is 10.3 Å². The summed E-state index contributed by atoms with van der Waals surface area (Å²) in [5, 5.41) is 2.65. The number of benzene rings is 2. The van der Waals surface area contributed by atoms with Crippen LogP contribution in [-0.4, -0.2) is 80.2 Å². The van der Waals surface area contributed by atoms with E-state index in [1.54, 1.807) is 12.0 Å². The van der Waals surface area contributed by atoms with E-state index in [1.807, 2.05) is 60.7 Å². The molecule has 4 rings (SSSR count). The van der Waals surface area contributed by atoms with E-state index >= 15 is 0 Å². The van der Waals surface area contributed by atoms with Crippen molar-refractivity contribution < 1.29 is 28.6 Å². The number of carbonyl (C=O) groups excluding carboxylic acids is 3. The van der Waals surface area contributed by atoms with Crippen molar-refractivity contribution >= 4 is 24.0 Å². The molecule has 0 spiro atoms. The number of nitrogens with one attached hydrogen (secondary N) is 1. The number of rotatable bonds is 4. The lowest BCUT2D eigenvalue weighted by atomic mass is 10.2. The number of hydrogen-bond donors (Lipinski definition) is 1. The Hall–Kier alpha value is -4.08. The topological polar surface area (TPSA) is 110 Å². The molecule has 0 saturated carbocycles. The van der Waals surface area contributed by atoms with Gasteiger partial charge in [0.15, 0.2) is 0 Å². The van der Waals surface area contributed by atoms with Gasteiger partial charge in [-0.2, -0.15) is 0 Å². The van der Waals surface area contributed by atoms with Gasteiger partial charge in [-0.15, -0.1) is 0 Å². The van der Waals surface area contributed by atoms with E-state index in [4.69, 9.17) is 14.2 Å². The Kier molecular flexibility index (Phi) is 9.91. The average molecular weight is 483 g/mol. The third-order valence-electron chi connectivity index (χ3n) is 5.18. The maximum atomic E-state index is 11.8. The highest BCUT2D eigenvalue weighted by Crippen LogP contribution is 2.06. The Morgan fingerprint density at radius 2 is 1.40 bits per heavy atom. The monoisotopic (exact) mass is 482 g/mol. The fourth-order valence-corrected chi connectivity index (χ4v) is 3.29. The van der Waals surface area contributed by atoms with Gasteiger partial charge in [0.1, 0.15) is 19.8 Å². The molecule has 0 bridgehead atoms. The highest BCUT2D eigenvalue weighted by Gasteiger charge is 2.22.